The lowest BCUT2D eigenvalue weighted by Crippen LogP contribution is -1.88. The fourth-order valence-electron chi connectivity index (χ4n) is 0.650. The first-order valence-electron chi connectivity index (χ1n) is 2.72. The van der Waals surface area contributed by atoms with Crippen molar-refractivity contribution in [2.45, 2.75) is 0 Å². The zero-order valence-electron chi connectivity index (χ0n) is 5.31. The van der Waals surface area contributed by atoms with Crippen LogP contribution < -0.4 is 5.32 Å². The lowest BCUT2D eigenvalue weighted by atomic mass is 10.3. The summed E-state index contributed by atoms with van der Waals surface area (Å²) in [5.74, 6) is 0.907. The molecule has 0 aliphatic rings. The van der Waals surface area contributed by atoms with Gasteiger partial charge in [-0.1, -0.05) is 12.7 Å². The average molecular weight is 123 g/mol. The molecule has 1 aromatic heterocycles. The van der Waals surface area contributed by atoms with E-state index in [2.05, 4.69) is 22.1 Å². The summed E-state index contributed by atoms with van der Waals surface area (Å²) in [5.41, 5.74) is 0.998. The molecule has 9 heavy (non-hydrogen) atoms. The standard InChI is InChI=1S/C6H9N3/c1-3-5-4-8-9-6(5)7-2/h3-4H,1H2,2H3,(H2,7,8,9). The van der Waals surface area contributed by atoms with Crippen molar-refractivity contribution < 1.29 is 0 Å². The van der Waals surface area contributed by atoms with Gasteiger partial charge in [-0.05, 0) is 0 Å². The molecule has 48 valence electrons. The second-order valence-electron chi connectivity index (χ2n) is 1.65. The van der Waals surface area contributed by atoms with Gasteiger partial charge in [-0.2, -0.15) is 5.10 Å². The van der Waals surface area contributed by atoms with Gasteiger partial charge in [0.2, 0.25) is 0 Å². The Bertz CT molecular complexity index is 202. The number of aromatic amines is 1. The second-order valence-corrected chi connectivity index (χ2v) is 1.65. The Kier molecular flexibility index (Phi) is 1.53. The number of hydrogen-bond acceptors (Lipinski definition) is 2. The van der Waals surface area contributed by atoms with Gasteiger partial charge in [0.15, 0.2) is 0 Å². The minimum absolute atomic E-state index is 0.907. The van der Waals surface area contributed by atoms with E-state index in [0.29, 0.717) is 0 Å². The molecular formula is C6H9N3. The van der Waals surface area contributed by atoms with E-state index in [9.17, 15) is 0 Å². The highest BCUT2D eigenvalue weighted by Crippen LogP contribution is 2.09. The first-order chi connectivity index (χ1) is 4.38. The third-order valence-electron chi connectivity index (χ3n) is 1.14. The quantitative estimate of drug-likeness (QED) is 0.618. The minimum Gasteiger partial charge on any atom is -0.373 e. The maximum absolute atomic E-state index is 3.81. The summed E-state index contributed by atoms with van der Waals surface area (Å²) >= 11 is 0. The van der Waals surface area contributed by atoms with Gasteiger partial charge in [-0.3, -0.25) is 5.10 Å². The van der Waals surface area contributed by atoms with E-state index in [-0.39, 0.29) is 0 Å². The summed E-state index contributed by atoms with van der Waals surface area (Å²) in [6.07, 6.45) is 3.47. The van der Waals surface area contributed by atoms with Crippen molar-refractivity contribution in [2.75, 3.05) is 12.4 Å². The molecule has 1 heterocycles. The van der Waals surface area contributed by atoms with Crippen LogP contribution in [0.1, 0.15) is 5.56 Å². The zero-order chi connectivity index (χ0) is 6.69. The molecule has 3 nitrogen and oxygen atoms in total. The SMILES string of the molecule is C=Cc1cn[nH]c1NC. The van der Waals surface area contributed by atoms with E-state index in [1.165, 1.54) is 0 Å². The Labute approximate surface area is 53.8 Å². The zero-order valence-corrected chi connectivity index (χ0v) is 5.31. The Hall–Kier alpha value is -1.25. The maximum Gasteiger partial charge on any atom is 0.128 e. The third-order valence-corrected chi connectivity index (χ3v) is 1.14. The molecule has 2 N–H and O–H groups in total. The van der Waals surface area contributed by atoms with E-state index in [4.69, 9.17) is 0 Å². The second kappa shape index (κ2) is 2.35. The van der Waals surface area contributed by atoms with Crippen molar-refractivity contribution in [2.24, 2.45) is 0 Å². The number of H-pyrrole nitrogens is 1. The van der Waals surface area contributed by atoms with Crippen molar-refractivity contribution in [3.05, 3.63) is 18.3 Å². The summed E-state index contributed by atoms with van der Waals surface area (Å²) in [7, 11) is 1.83. The summed E-state index contributed by atoms with van der Waals surface area (Å²) in [4.78, 5) is 0. The smallest absolute Gasteiger partial charge is 0.128 e. The van der Waals surface area contributed by atoms with E-state index in [1.54, 1.807) is 12.3 Å². The van der Waals surface area contributed by atoms with Crippen LogP contribution in [0.3, 0.4) is 0 Å². The van der Waals surface area contributed by atoms with Gasteiger partial charge in [-0.25, -0.2) is 0 Å². The molecule has 0 spiro atoms. The molecule has 0 unspecified atom stereocenters. The van der Waals surface area contributed by atoms with Crippen LogP contribution in [-0.4, -0.2) is 17.2 Å². The van der Waals surface area contributed by atoms with Crippen LogP contribution in [0, 0.1) is 0 Å². The number of anilines is 1. The summed E-state index contributed by atoms with van der Waals surface area (Å²) in [6, 6.07) is 0. The fourth-order valence-corrected chi connectivity index (χ4v) is 0.650. The van der Waals surface area contributed by atoms with Gasteiger partial charge in [0.1, 0.15) is 5.82 Å². The average Bonchev–Trinajstić information content (AvgIpc) is 2.33. The number of nitrogens with one attached hydrogen (secondary N) is 2. The molecule has 0 bridgehead atoms. The van der Waals surface area contributed by atoms with Gasteiger partial charge >= 0.3 is 0 Å². The Morgan fingerprint density at radius 3 is 3.11 bits per heavy atom. The third kappa shape index (κ3) is 0.937. The van der Waals surface area contributed by atoms with Gasteiger partial charge in [0, 0.05) is 12.6 Å². The van der Waals surface area contributed by atoms with Crippen molar-refractivity contribution in [1.82, 2.24) is 10.2 Å². The highest BCUT2D eigenvalue weighted by molar-refractivity contribution is 5.60. The summed E-state index contributed by atoms with van der Waals surface area (Å²) in [6.45, 7) is 3.61. The number of nitrogens with zero attached hydrogens (tertiary/aromatic N) is 1. The normalized spacial score (nSPS) is 9.00. The van der Waals surface area contributed by atoms with Crippen molar-refractivity contribution in [3.8, 4) is 0 Å². The largest absolute Gasteiger partial charge is 0.373 e. The number of aromatic nitrogens is 2. The molecule has 0 aromatic carbocycles. The molecule has 0 aliphatic carbocycles. The van der Waals surface area contributed by atoms with Crippen molar-refractivity contribution >= 4 is 11.9 Å². The van der Waals surface area contributed by atoms with Gasteiger partial charge in [-0.15, -0.1) is 0 Å². The van der Waals surface area contributed by atoms with Crippen LogP contribution in [0.4, 0.5) is 5.82 Å². The van der Waals surface area contributed by atoms with E-state index in [0.717, 1.165) is 11.4 Å². The van der Waals surface area contributed by atoms with Crippen LogP contribution in [-0.2, 0) is 0 Å². The van der Waals surface area contributed by atoms with E-state index in [1.807, 2.05) is 7.05 Å². The minimum atomic E-state index is 0.907. The molecule has 0 aliphatic heterocycles. The topological polar surface area (TPSA) is 40.7 Å². The monoisotopic (exact) mass is 123 g/mol. The Balaban J connectivity index is 2.98. The van der Waals surface area contributed by atoms with Crippen molar-refractivity contribution in [3.63, 3.8) is 0 Å². The molecule has 0 radical (unpaired) electrons. The molecule has 1 aromatic rings. The summed E-state index contributed by atoms with van der Waals surface area (Å²) in [5, 5.41) is 9.52. The first-order valence-corrected chi connectivity index (χ1v) is 2.72. The van der Waals surface area contributed by atoms with Crippen molar-refractivity contribution in [1.29, 1.82) is 0 Å². The van der Waals surface area contributed by atoms with E-state index < -0.39 is 0 Å². The molecule has 0 saturated carbocycles. The maximum atomic E-state index is 3.81. The highest BCUT2D eigenvalue weighted by Gasteiger charge is 1.94. The predicted octanol–water partition coefficient (Wildman–Crippen LogP) is 1.09. The van der Waals surface area contributed by atoms with Gasteiger partial charge < -0.3 is 5.32 Å². The van der Waals surface area contributed by atoms with Crippen LogP contribution in [0.15, 0.2) is 12.8 Å². The molecule has 0 fully saturated rings. The molecule has 3 heteroatoms. The van der Waals surface area contributed by atoms with Gasteiger partial charge in [0.05, 0.1) is 6.20 Å². The van der Waals surface area contributed by atoms with Crippen LogP contribution in [0.5, 0.6) is 0 Å². The predicted molar refractivity (Wildman–Crippen MR) is 38.2 cm³/mol. The van der Waals surface area contributed by atoms with Crippen LogP contribution in [0.2, 0.25) is 0 Å². The Morgan fingerprint density at radius 2 is 2.67 bits per heavy atom. The Morgan fingerprint density at radius 1 is 1.89 bits per heavy atom. The highest BCUT2D eigenvalue weighted by atomic mass is 15.2. The molecule has 1 rings (SSSR count). The lowest BCUT2D eigenvalue weighted by Gasteiger charge is -1.92. The lowest BCUT2D eigenvalue weighted by molar-refractivity contribution is 1.09. The molecular weight excluding hydrogens is 114 g/mol. The molecule has 0 atom stereocenters. The van der Waals surface area contributed by atoms with Crippen LogP contribution >= 0.6 is 0 Å². The van der Waals surface area contributed by atoms with E-state index >= 15 is 0 Å². The fraction of sp³-hybridized carbons (Fsp3) is 0.167. The number of rotatable bonds is 2. The summed E-state index contributed by atoms with van der Waals surface area (Å²) < 4.78 is 0. The number of hydrogen-bond donors (Lipinski definition) is 2. The van der Waals surface area contributed by atoms with Gasteiger partial charge in [0.25, 0.3) is 0 Å². The molecule has 0 amide bonds. The molecule has 0 saturated heterocycles. The van der Waals surface area contributed by atoms with Crippen LogP contribution in [0.25, 0.3) is 6.08 Å². The first kappa shape index (κ1) is 5.88.